The van der Waals surface area contributed by atoms with Gasteiger partial charge in [0, 0.05) is 27.5 Å². The second-order valence-corrected chi connectivity index (χ2v) is 13.5. The summed E-state index contributed by atoms with van der Waals surface area (Å²) < 4.78 is 18.5. The highest BCUT2D eigenvalue weighted by atomic mass is 16.5. The van der Waals surface area contributed by atoms with E-state index in [1.807, 2.05) is 24.3 Å². The molecule has 0 bridgehead atoms. The van der Waals surface area contributed by atoms with Crippen LogP contribution in [-0.2, 0) is 11.0 Å². The van der Waals surface area contributed by atoms with Crippen LogP contribution < -0.4 is 14.2 Å². The molecule has 1 saturated carbocycles. The van der Waals surface area contributed by atoms with Crippen LogP contribution in [0.15, 0.2) is 103 Å². The number of hydrogen-bond donors (Lipinski definition) is 0. The summed E-state index contributed by atoms with van der Waals surface area (Å²) in [6.45, 7) is 4.86. The van der Waals surface area contributed by atoms with Crippen LogP contribution >= 0.6 is 0 Å². The van der Waals surface area contributed by atoms with Gasteiger partial charge >= 0.3 is 0 Å². The lowest BCUT2D eigenvalue weighted by molar-refractivity contribution is 0.161. The zero-order chi connectivity index (χ0) is 30.1. The highest BCUT2D eigenvalue weighted by Crippen LogP contribution is 2.63. The normalized spacial score (nSPS) is 18.3. The molecule has 0 N–H and O–H groups in total. The van der Waals surface area contributed by atoms with E-state index < -0.39 is 5.60 Å². The molecule has 0 radical (unpaired) electrons. The minimum atomic E-state index is -0.824. The number of methoxy groups -OCH3 is 2. The molecule has 1 aliphatic heterocycles. The second-order valence-electron chi connectivity index (χ2n) is 13.5. The van der Waals surface area contributed by atoms with Gasteiger partial charge in [0.25, 0.3) is 0 Å². The van der Waals surface area contributed by atoms with Crippen LogP contribution in [0, 0.1) is 5.41 Å². The molecule has 3 aliphatic rings. The van der Waals surface area contributed by atoms with Gasteiger partial charge in [-0.25, -0.2) is 0 Å². The first-order chi connectivity index (χ1) is 21.4. The molecule has 0 saturated heterocycles. The van der Waals surface area contributed by atoms with Crippen molar-refractivity contribution < 1.29 is 14.2 Å². The van der Waals surface area contributed by atoms with E-state index in [0.29, 0.717) is 5.41 Å². The van der Waals surface area contributed by atoms with Crippen molar-refractivity contribution in [2.24, 2.45) is 5.41 Å². The lowest BCUT2D eigenvalue weighted by Crippen LogP contribution is -2.37. The maximum atomic E-state index is 7.48. The molecular formula is C41H38O3. The molecule has 44 heavy (non-hydrogen) atoms. The number of hydrogen-bond acceptors (Lipinski definition) is 3. The van der Waals surface area contributed by atoms with Crippen molar-refractivity contribution in [1.82, 2.24) is 0 Å². The van der Waals surface area contributed by atoms with Crippen LogP contribution in [-0.4, -0.2) is 14.2 Å². The molecule has 5 aromatic carbocycles. The van der Waals surface area contributed by atoms with Crippen molar-refractivity contribution >= 4 is 16.8 Å². The van der Waals surface area contributed by atoms with Crippen molar-refractivity contribution in [3.05, 3.63) is 131 Å². The monoisotopic (exact) mass is 578 g/mol. The Labute approximate surface area is 260 Å². The molecule has 220 valence electrons. The topological polar surface area (TPSA) is 27.7 Å². The van der Waals surface area contributed by atoms with E-state index in [-0.39, 0.29) is 5.41 Å². The molecular weight excluding hydrogens is 540 g/mol. The van der Waals surface area contributed by atoms with Gasteiger partial charge in [-0.1, -0.05) is 92.7 Å². The molecule has 5 aromatic rings. The molecule has 0 atom stereocenters. The Bertz CT molecular complexity index is 1870. The first-order valence-electron chi connectivity index (χ1n) is 15.8. The van der Waals surface area contributed by atoms with Crippen LogP contribution in [0.25, 0.3) is 28.0 Å². The third-order valence-electron chi connectivity index (χ3n) is 10.6. The molecule has 1 fully saturated rings. The number of ether oxygens (including phenoxy) is 3. The van der Waals surface area contributed by atoms with Crippen molar-refractivity contribution in [1.29, 1.82) is 0 Å². The minimum absolute atomic E-state index is 0.0243. The third-order valence-corrected chi connectivity index (χ3v) is 10.6. The van der Waals surface area contributed by atoms with E-state index in [0.717, 1.165) is 46.6 Å². The van der Waals surface area contributed by atoms with E-state index in [9.17, 15) is 0 Å². The Morgan fingerprint density at radius 3 is 1.82 bits per heavy atom. The third kappa shape index (κ3) is 3.81. The zero-order valence-corrected chi connectivity index (χ0v) is 25.9. The Hall–Kier alpha value is -4.50. The first kappa shape index (κ1) is 27.1. The van der Waals surface area contributed by atoms with Crippen molar-refractivity contribution in [2.75, 3.05) is 14.2 Å². The average molecular weight is 579 g/mol. The van der Waals surface area contributed by atoms with Gasteiger partial charge in [0.05, 0.1) is 14.2 Å². The van der Waals surface area contributed by atoms with Crippen LogP contribution in [0.2, 0.25) is 0 Å². The summed E-state index contributed by atoms with van der Waals surface area (Å²) in [7, 11) is 3.41. The Morgan fingerprint density at radius 2 is 1.20 bits per heavy atom. The van der Waals surface area contributed by atoms with Gasteiger partial charge in [-0.05, 0) is 89.1 Å². The average Bonchev–Trinajstić information content (AvgIpc) is 3.36. The SMILES string of the molecule is COc1ccc(C2(c3ccc(OC)cc3)C=Cc3c4c(c5ccccc5c3O2)-c2ccccc2C42CCC(C)(C)CC2)cc1. The number of benzene rings is 5. The lowest BCUT2D eigenvalue weighted by Gasteiger charge is -2.44. The van der Waals surface area contributed by atoms with E-state index in [1.165, 1.54) is 46.0 Å². The van der Waals surface area contributed by atoms with Crippen LogP contribution in [0.4, 0.5) is 0 Å². The summed E-state index contributed by atoms with van der Waals surface area (Å²) in [4.78, 5) is 0. The van der Waals surface area contributed by atoms with Crippen LogP contribution in [0.5, 0.6) is 17.2 Å². The predicted molar refractivity (Wildman–Crippen MR) is 179 cm³/mol. The van der Waals surface area contributed by atoms with Gasteiger partial charge in [-0.2, -0.15) is 0 Å². The van der Waals surface area contributed by atoms with Gasteiger partial charge in [-0.3, -0.25) is 0 Å². The predicted octanol–water partition coefficient (Wildman–Crippen LogP) is 10.1. The molecule has 1 spiro atoms. The first-order valence-corrected chi connectivity index (χ1v) is 15.8. The summed E-state index contributed by atoms with van der Waals surface area (Å²) in [5, 5.41) is 2.42. The Morgan fingerprint density at radius 1 is 0.636 bits per heavy atom. The molecule has 3 nitrogen and oxygen atoms in total. The van der Waals surface area contributed by atoms with E-state index in [2.05, 4.69) is 98.8 Å². The molecule has 1 heterocycles. The summed E-state index contributed by atoms with van der Waals surface area (Å²) >= 11 is 0. The van der Waals surface area contributed by atoms with E-state index in [4.69, 9.17) is 14.2 Å². The summed E-state index contributed by atoms with van der Waals surface area (Å²) in [5.74, 6) is 2.61. The highest BCUT2D eigenvalue weighted by molar-refractivity contribution is 6.08. The fourth-order valence-electron chi connectivity index (χ4n) is 8.15. The number of fused-ring (bicyclic) bond motifs is 10. The summed E-state index contributed by atoms with van der Waals surface area (Å²) in [6, 6.07) is 34.5. The largest absolute Gasteiger partial charge is 0.497 e. The smallest absolute Gasteiger partial charge is 0.178 e. The van der Waals surface area contributed by atoms with Crippen LogP contribution in [0.1, 0.15) is 67.3 Å². The second kappa shape index (κ2) is 9.75. The maximum absolute atomic E-state index is 7.48. The molecule has 0 aromatic heterocycles. The van der Waals surface area contributed by atoms with Crippen molar-refractivity contribution in [2.45, 2.75) is 50.5 Å². The summed E-state index contributed by atoms with van der Waals surface area (Å²) in [6.07, 6.45) is 9.34. The highest BCUT2D eigenvalue weighted by Gasteiger charge is 2.50. The summed E-state index contributed by atoms with van der Waals surface area (Å²) in [5.41, 5.74) is 8.55. The molecule has 0 unspecified atom stereocenters. The van der Waals surface area contributed by atoms with Crippen LogP contribution in [0.3, 0.4) is 0 Å². The fraction of sp³-hybridized carbons (Fsp3) is 0.268. The van der Waals surface area contributed by atoms with Gasteiger partial charge in [-0.15, -0.1) is 0 Å². The van der Waals surface area contributed by atoms with Crippen molar-refractivity contribution in [3.8, 4) is 28.4 Å². The van der Waals surface area contributed by atoms with Gasteiger partial charge < -0.3 is 14.2 Å². The quantitative estimate of drug-likeness (QED) is 0.212. The van der Waals surface area contributed by atoms with Gasteiger partial charge in [0.1, 0.15) is 17.2 Å². The zero-order valence-electron chi connectivity index (χ0n) is 25.9. The molecule has 2 aliphatic carbocycles. The van der Waals surface area contributed by atoms with E-state index in [1.54, 1.807) is 14.2 Å². The Kier molecular flexibility index (Phi) is 6.00. The van der Waals surface area contributed by atoms with E-state index >= 15 is 0 Å². The van der Waals surface area contributed by atoms with Gasteiger partial charge in [0.15, 0.2) is 5.60 Å². The van der Waals surface area contributed by atoms with Gasteiger partial charge in [0.2, 0.25) is 0 Å². The van der Waals surface area contributed by atoms with Crippen molar-refractivity contribution in [3.63, 3.8) is 0 Å². The minimum Gasteiger partial charge on any atom is -0.497 e. The molecule has 3 heteroatoms. The molecule has 8 rings (SSSR count). The lowest BCUT2D eigenvalue weighted by atomic mass is 9.60. The standard InChI is InChI=1S/C41H38O3/c1-39(2)23-25-40(26-24-39)35-12-8-7-11-33(35)36-31-9-5-6-10-32(31)38-34(37(36)40)21-22-41(44-38,27-13-17-29(42-3)18-14-27)28-15-19-30(43-4)20-16-28/h5-22H,23-26H2,1-4H3. The fourth-order valence-corrected chi connectivity index (χ4v) is 8.15. The Balaban J connectivity index is 1.41. The molecule has 0 amide bonds. The number of rotatable bonds is 4. The maximum Gasteiger partial charge on any atom is 0.178 e.